The van der Waals surface area contributed by atoms with E-state index in [9.17, 15) is 35.5 Å². The number of amides is 1. The summed E-state index contributed by atoms with van der Waals surface area (Å²) in [5.74, 6) is -11.8. The summed E-state index contributed by atoms with van der Waals surface area (Å²) in [7, 11) is 3.77. The number of rotatable bonds is 13. The highest BCUT2D eigenvalue weighted by Crippen LogP contribution is 2.52. The van der Waals surface area contributed by atoms with E-state index in [4.69, 9.17) is 10.7 Å². The minimum atomic E-state index is -4.07. The van der Waals surface area contributed by atoms with Gasteiger partial charge in [0, 0.05) is 49.7 Å². The van der Waals surface area contributed by atoms with Crippen molar-refractivity contribution in [2.75, 3.05) is 32.5 Å². The second-order valence-corrected chi connectivity index (χ2v) is 14.1. The molecule has 0 bridgehead atoms. The summed E-state index contributed by atoms with van der Waals surface area (Å²) in [6, 6.07) is 6.94. The van der Waals surface area contributed by atoms with Crippen LogP contribution in [0.25, 0.3) is 21.5 Å². The predicted molar refractivity (Wildman–Crippen MR) is 183 cm³/mol. The van der Waals surface area contributed by atoms with Crippen molar-refractivity contribution in [3.05, 3.63) is 93.7 Å². The van der Waals surface area contributed by atoms with Gasteiger partial charge in [0.1, 0.15) is 35.4 Å². The molecule has 19 heteroatoms. The maximum atomic E-state index is 15.1. The number of nitrogens with zero attached hydrogens (tertiary/aromatic N) is 5. The van der Waals surface area contributed by atoms with Gasteiger partial charge in [0.2, 0.25) is 5.91 Å². The van der Waals surface area contributed by atoms with Crippen molar-refractivity contribution in [3.8, 4) is 11.1 Å². The Bertz CT molecular complexity index is 2170. The Morgan fingerprint density at radius 1 is 0.981 bits per heavy atom. The van der Waals surface area contributed by atoms with Crippen LogP contribution in [-0.4, -0.2) is 57.7 Å². The number of carbonyl (C=O) groups excluding carboxylic acids is 1. The minimum absolute atomic E-state index is 0.0133. The lowest BCUT2D eigenvalue weighted by molar-refractivity contribution is -0.123. The second kappa shape index (κ2) is 15.2. The zero-order valence-electron chi connectivity index (χ0n) is 28.7. The van der Waals surface area contributed by atoms with Gasteiger partial charge in [0.15, 0.2) is 10.8 Å². The van der Waals surface area contributed by atoms with E-state index < -0.39 is 84.0 Å². The average molecular weight is 785 g/mol. The van der Waals surface area contributed by atoms with E-state index in [0.717, 1.165) is 12.1 Å². The Kier molecular flexibility index (Phi) is 10.9. The molecule has 1 aliphatic carbocycles. The molecule has 0 saturated heterocycles. The summed E-state index contributed by atoms with van der Waals surface area (Å²) in [4.78, 5) is 24.9. The summed E-state index contributed by atoms with van der Waals surface area (Å²) in [5, 5.41) is 9.57. The van der Waals surface area contributed by atoms with Crippen LogP contribution in [0, 0.1) is 17.5 Å². The number of hydrogen-bond donors (Lipinski definition) is 3. The molecule has 3 aromatic heterocycles. The Hall–Kier alpha value is -4.75. The monoisotopic (exact) mass is 784 g/mol. The van der Waals surface area contributed by atoms with Crippen LogP contribution < -0.4 is 16.4 Å². The van der Waals surface area contributed by atoms with Crippen molar-refractivity contribution >= 4 is 32.7 Å². The van der Waals surface area contributed by atoms with E-state index in [1.165, 1.54) is 29.5 Å². The third kappa shape index (κ3) is 8.17. The molecule has 0 radical (unpaired) electrons. The molecule has 1 amide bonds. The molecule has 0 aliphatic heterocycles. The van der Waals surface area contributed by atoms with E-state index in [0.29, 0.717) is 40.1 Å². The molecule has 288 valence electrons. The summed E-state index contributed by atoms with van der Waals surface area (Å²) < 4.78 is 132. The number of fused-ring (bicyclic) bond motifs is 2. The summed E-state index contributed by atoms with van der Waals surface area (Å²) in [5.41, 5.74) is 2.07. The molecule has 4 N–H and O–H groups in total. The number of thiazole rings is 1. The zero-order chi connectivity index (χ0) is 39.1. The van der Waals surface area contributed by atoms with Crippen LogP contribution in [0.1, 0.15) is 59.1 Å². The van der Waals surface area contributed by atoms with Gasteiger partial charge >= 0.3 is 0 Å². The smallest absolute Gasteiger partial charge is 0.290 e. The lowest BCUT2D eigenvalue weighted by Gasteiger charge is -2.29. The first-order chi connectivity index (χ1) is 25.4. The Balaban J connectivity index is 1.47. The van der Waals surface area contributed by atoms with Crippen LogP contribution in [0.2, 0.25) is 0 Å². The van der Waals surface area contributed by atoms with Crippen LogP contribution in [-0.2, 0) is 36.1 Å². The summed E-state index contributed by atoms with van der Waals surface area (Å²) >= 11 is 1.24. The van der Waals surface area contributed by atoms with Gasteiger partial charge in [-0.15, -0.1) is 0 Å². The highest BCUT2D eigenvalue weighted by Gasteiger charge is 2.55. The van der Waals surface area contributed by atoms with Crippen LogP contribution in [0.5, 0.6) is 0 Å². The highest BCUT2D eigenvalue weighted by atomic mass is 32.1. The number of pyridine rings is 1. The molecule has 54 heavy (non-hydrogen) atoms. The van der Waals surface area contributed by atoms with Crippen molar-refractivity contribution < 1.29 is 44.3 Å². The molecule has 2 aromatic carbocycles. The molecule has 6 rings (SSSR count). The second-order valence-electron chi connectivity index (χ2n) is 13.1. The number of benzene rings is 2. The highest BCUT2D eigenvalue weighted by molar-refractivity contribution is 7.22. The molecule has 1 aliphatic rings. The fourth-order valence-corrected chi connectivity index (χ4v) is 7.20. The van der Waals surface area contributed by atoms with Crippen LogP contribution in [0.3, 0.4) is 0 Å². The van der Waals surface area contributed by atoms with Gasteiger partial charge in [-0.05, 0) is 62.0 Å². The number of carbonyl (C=O) groups is 1. The van der Waals surface area contributed by atoms with E-state index in [1.807, 2.05) is 19.0 Å². The van der Waals surface area contributed by atoms with Crippen LogP contribution in [0.15, 0.2) is 42.5 Å². The Labute approximate surface area is 306 Å². The standard InChI is InChI=1S/C35H33F9N8OS/c1-51(2)8-7-46-33-49-32-25(54-33)14-22(18-3-4-23(38)19(12-18)15-45)28(48-32)24(11-17-9-20(36)13-21(37)10-17)47-26(53)16-52-30-27(29(50-52)31(39)40)34(41,42)5-6-35(30,43)44/h3-4,9-10,12-14,24,31H,5-8,11,15-16,45H2,1-2H3,(H,47,53)(H,46,48,49). The minimum Gasteiger partial charge on any atom is -0.360 e. The Morgan fingerprint density at radius 3 is 2.35 bits per heavy atom. The summed E-state index contributed by atoms with van der Waals surface area (Å²) in [6.45, 7) is -0.218. The first-order valence-electron chi connectivity index (χ1n) is 16.5. The SMILES string of the molecule is CN(C)CCNc1nc2nc(C(Cc3cc(F)cc(F)c3)NC(=O)Cn3nc(C(F)F)c4c3C(F)(F)CCC4(F)F)c(-c3ccc(F)c(CN)c3)cc2s1. The number of likely N-dealkylation sites (N-methyl/N-ethyl adjacent to an activating group) is 1. The van der Waals surface area contributed by atoms with Crippen molar-refractivity contribution in [1.29, 1.82) is 0 Å². The largest absolute Gasteiger partial charge is 0.360 e. The van der Waals surface area contributed by atoms with Crippen LogP contribution >= 0.6 is 11.3 Å². The third-order valence-corrected chi connectivity index (χ3v) is 9.75. The maximum Gasteiger partial charge on any atom is 0.290 e. The van der Waals surface area contributed by atoms with Crippen molar-refractivity contribution in [2.45, 2.75) is 56.7 Å². The van der Waals surface area contributed by atoms with E-state index in [-0.39, 0.29) is 40.1 Å². The van der Waals surface area contributed by atoms with Gasteiger partial charge in [0.25, 0.3) is 18.3 Å². The Morgan fingerprint density at radius 2 is 1.69 bits per heavy atom. The topological polar surface area (TPSA) is 114 Å². The lowest BCUT2D eigenvalue weighted by atomic mass is 9.89. The normalized spacial score (nSPS) is 15.5. The molecule has 5 aromatic rings. The number of alkyl halides is 6. The fraction of sp³-hybridized carbons (Fsp3) is 0.371. The molecular weight excluding hydrogens is 751 g/mol. The number of halogens is 9. The quantitative estimate of drug-likeness (QED) is 0.107. The zero-order valence-corrected chi connectivity index (χ0v) is 29.5. The molecule has 0 spiro atoms. The van der Waals surface area contributed by atoms with Crippen LogP contribution in [0.4, 0.5) is 44.6 Å². The van der Waals surface area contributed by atoms with Gasteiger partial charge in [-0.2, -0.15) is 13.9 Å². The van der Waals surface area contributed by atoms with E-state index in [1.54, 1.807) is 6.07 Å². The number of aromatic nitrogens is 4. The summed E-state index contributed by atoms with van der Waals surface area (Å²) in [6.07, 6.45) is -6.83. The molecule has 0 fully saturated rings. The first-order valence-corrected chi connectivity index (χ1v) is 17.4. The molecule has 9 nitrogen and oxygen atoms in total. The van der Waals surface area contributed by atoms with Gasteiger partial charge in [-0.25, -0.2) is 40.7 Å². The maximum absolute atomic E-state index is 15.1. The number of hydrogen-bond acceptors (Lipinski definition) is 8. The van der Waals surface area contributed by atoms with Crippen molar-refractivity contribution in [1.82, 2.24) is 30.0 Å². The molecule has 3 heterocycles. The first kappa shape index (κ1) is 39.0. The van der Waals surface area contributed by atoms with Gasteiger partial charge in [0.05, 0.1) is 22.0 Å². The number of anilines is 1. The average Bonchev–Trinajstić information content (AvgIpc) is 3.68. The van der Waals surface area contributed by atoms with Crippen molar-refractivity contribution in [3.63, 3.8) is 0 Å². The van der Waals surface area contributed by atoms with Gasteiger partial charge in [-0.3, -0.25) is 9.48 Å². The lowest BCUT2D eigenvalue weighted by Crippen LogP contribution is -2.37. The van der Waals surface area contributed by atoms with Gasteiger partial charge < -0.3 is 21.3 Å². The van der Waals surface area contributed by atoms with Gasteiger partial charge in [-0.1, -0.05) is 17.4 Å². The van der Waals surface area contributed by atoms with E-state index in [2.05, 4.69) is 20.7 Å². The third-order valence-electron chi connectivity index (χ3n) is 8.80. The molecule has 1 unspecified atom stereocenters. The number of nitrogens with two attached hydrogens (primary N) is 1. The molecular formula is C35H33F9N8OS. The molecule has 0 saturated carbocycles. The predicted octanol–water partition coefficient (Wildman–Crippen LogP) is 7.42. The molecule has 1 atom stereocenters. The fourth-order valence-electron chi connectivity index (χ4n) is 6.33. The van der Waals surface area contributed by atoms with E-state index >= 15 is 8.78 Å². The number of nitrogens with one attached hydrogen (secondary N) is 2. The van der Waals surface area contributed by atoms with Crippen molar-refractivity contribution in [2.24, 2.45) is 5.73 Å².